The van der Waals surface area contributed by atoms with Gasteiger partial charge in [-0.3, -0.25) is 4.79 Å². The first-order chi connectivity index (χ1) is 5.83. The summed E-state index contributed by atoms with van der Waals surface area (Å²) < 4.78 is 0. The van der Waals surface area contributed by atoms with E-state index in [9.17, 15) is 4.79 Å². The van der Waals surface area contributed by atoms with Crippen LogP contribution in [0.3, 0.4) is 0 Å². The number of amides is 1. The summed E-state index contributed by atoms with van der Waals surface area (Å²) in [4.78, 5) is 11.1. The first-order valence-electron chi connectivity index (χ1n) is 3.86. The summed E-state index contributed by atoms with van der Waals surface area (Å²) in [5.74, 6) is 0.0444. The van der Waals surface area contributed by atoms with Gasteiger partial charge in [-0.25, -0.2) is 0 Å². The third-order valence-corrected chi connectivity index (χ3v) is 2.18. The van der Waals surface area contributed by atoms with Gasteiger partial charge in [-0.1, -0.05) is 0 Å². The minimum atomic E-state index is 0.0444. The van der Waals surface area contributed by atoms with Gasteiger partial charge < -0.3 is 11.1 Å². The first kappa shape index (κ1) is 9.22. The summed E-state index contributed by atoms with van der Waals surface area (Å²) in [6.07, 6.45) is 1.26. The van der Waals surface area contributed by atoms with Crippen molar-refractivity contribution in [3.05, 3.63) is 17.5 Å². The predicted octanol–water partition coefficient (Wildman–Crippen LogP) is 1.43. The fourth-order valence-electron chi connectivity index (χ4n) is 0.812. The number of thiophene rings is 1. The lowest BCUT2D eigenvalue weighted by molar-refractivity contribution is -0.116. The van der Waals surface area contributed by atoms with E-state index in [1.165, 1.54) is 11.3 Å². The van der Waals surface area contributed by atoms with E-state index >= 15 is 0 Å². The molecule has 4 heteroatoms. The van der Waals surface area contributed by atoms with Crippen molar-refractivity contribution >= 4 is 22.2 Å². The number of nitrogens with two attached hydrogens (primary N) is 1. The first-order valence-corrected chi connectivity index (χ1v) is 4.74. The lowest BCUT2D eigenvalue weighted by Gasteiger charge is -1.99. The molecule has 1 rings (SSSR count). The van der Waals surface area contributed by atoms with Crippen LogP contribution in [0.25, 0.3) is 0 Å². The fraction of sp³-hybridized carbons (Fsp3) is 0.375. The molecular weight excluding hydrogens is 172 g/mol. The third-order valence-electron chi connectivity index (χ3n) is 1.39. The predicted molar refractivity (Wildman–Crippen MR) is 51.2 cm³/mol. The van der Waals surface area contributed by atoms with E-state index in [2.05, 4.69) is 5.32 Å². The van der Waals surface area contributed by atoms with Crippen molar-refractivity contribution in [3.8, 4) is 0 Å². The molecule has 0 saturated heterocycles. The lowest BCUT2D eigenvalue weighted by Crippen LogP contribution is -2.12. The smallest absolute Gasteiger partial charge is 0.225 e. The molecule has 1 heterocycles. The highest BCUT2D eigenvalue weighted by Gasteiger charge is 2.00. The number of anilines is 1. The van der Waals surface area contributed by atoms with E-state index in [4.69, 9.17) is 5.73 Å². The molecule has 1 aromatic heterocycles. The van der Waals surface area contributed by atoms with Gasteiger partial charge in [0.25, 0.3) is 0 Å². The molecule has 0 aliphatic heterocycles. The Morgan fingerprint density at radius 2 is 2.50 bits per heavy atom. The minimum absolute atomic E-state index is 0.0444. The van der Waals surface area contributed by atoms with Gasteiger partial charge in [0.1, 0.15) is 0 Å². The third kappa shape index (κ3) is 3.02. The Morgan fingerprint density at radius 3 is 3.08 bits per heavy atom. The van der Waals surface area contributed by atoms with Gasteiger partial charge in [-0.05, 0) is 30.5 Å². The van der Waals surface area contributed by atoms with Crippen LogP contribution in [-0.4, -0.2) is 12.5 Å². The molecule has 12 heavy (non-hydrogen) atoms. The van der Waals surface area contributed by atoms with Crippen molar-refractivity contribution in [2.75, 3.05) is 11.9 Å². The summed E-state index contributed by atoms with van der Waals surface area (Å²) >= 11 is 1.52. The molecule has 0 bridgehead atoms. The molecule has 0 atom stereocenters. The van der Waals surface area contributed by atoms with Crippen molar-refractivity contribution in [2.24, 2.45) is 5.73 Å². The van der Waals surface area contributed by atoms with Crippen molar-refractivity contribution in [1.29, 1.82) is 0 Å². The second-order valence-electron chi connectivity index (χ2n) is 2.42. The van der Waals surface area contributed by atoms with E-state index < -0.39 is 0 Å². The zero-order chi connectivity index (χ0) is 8.81. The van der Waals surface area contributed by atoms with E-state index in [0.29, 0.717) is 13.0 Å². The average molecular weight is 184 g/mol. The van der Waals surface area contributed by atoms with E-state index in [0.717, 1.165) is 11.4 Å². The summed E-state index contributed by atoms with van der Waals surface area (Å²) in [6, 6.07) is 3.79. The van der Waals surface area contributed by atoms with Gasteiger partial charge in [-0.15, -0.1) is 11.3 Å². The van der Waals surface area contributed by atoms with Crippen LogP contribution in [0.4, 0.5) is 5.00 Å². The van der Waals surface area contributed by atoms with Gasteiger partial charge in [0.15, 0.2) is 0 Å². The maximum atomic E-state index is 11.1. The maximum absolute atomic E-state index is 11.1. The Kier molecular flexibility index (Phi) is 3.76. The molecule has 0 radical (unpaired) electrons. The Morgan fingerprint density at radius 1 is 1.67 bits per heavy atom. The fourth-order valence-corrected chi connectivity index (χ4v) is 1.45. The molecule has 1 amide bonds. The molecule has 0 spiro atoms. The number of rotatable bonds is 4. The molecule has 1 aromatic rings. The number of hydrogen-bond acceptors (Lipinski definition) is 3. The summed E-state index contributed by atoms with van der Waals surface area (Å²) in [5, 5.41) is 5.61. The van der Waals surface area contributed by atoms with Crippen molar-refractivity contribution in [3.63, 3.8) is 0 Å². The van der Waals surface area contributed by atoms with Gasteiger partial charge in [0, 0.05) is 6.42 Å². The van der Waals surface area contributed by atoms with Crippen molar-refractivity contribution in [1.82, 2.24) is 0 Å². The molecule has 0 saturated carbocycles. The monoisotopic (exact) mass is 184 g/mol. The summed E-state index contributed by atoms with van der Waals surface area (Å²) in [6.45, 7) is 0.567. The largest absolute Gasteiger partial charge is 0.330 e. The van der Waals surface area contributed by atoms with Gasteiger partial charge in [-0.2, -0.15) is 0 Å². The Balaban J connectivity index is 2.27. The Hall–Kier alpha value is -0.870. The molecular formula is C8H12N2OS. The second-order valence-corrected chi connectivity index (χ2v) is 3.37. The molecule has 0 fully saturated rings. The summed E-state index contributed by atoms with van der Waals surface area (Å²) in [5.41, 5.74) is 5.27. The quantitative estimate of drug-likeness (QED) is 0.743. The number of carbonyl (C=O) groups is 1. The SMILES string of the molecule is NCCCC(=O)Nc1cccs1. The normalized spacial score (nSPS) is 9.75. The average Bonchev–Trinajstić information content (AvgIpc) is 2.53. The van der Waals surface area contributed by atoms with Crippen molar-refractivity contribution in [2.45, 2.75) is 12.8 Å². The molecule has 66 valence electrons. The topological polar surface area (TPSA) is 55.1 Å². The van der Waals surface area contributed by atoms with Gasteiger partial charge in [0.05, 0.1) is 5.00 Å². The van der Waals surface area contributed by atoms with Crippen LogP contribution in [0.5, 0.6) is 0 Å². The van der Waals surface area contributed by atoms with Crippen LogP contribution >= 0.6 is 11.3 Å². The molecule has 3 N–H and O–H groups in total. The number of hydrogen-bond donors (Lipinski definition) is 2. The Labute approximate surface area is 75.6 Å². The van der Waals surface area contributed by atoms with Crippen LogP contribution in [0.2, 0.25) is 0 Å². The second kappa shape index (κ2) is 4.90. The highest BCUT2D eigenvalue weighted by Crippen LogP contribution is 2.14. The standard InChI is InChI=1S/C8H12N2OS/c9-5-1-3-7(11)10-8-4-2-6-12-8/h2,4,6H,1,3,5,9H2,(H,10,11). The molecule has 0 unspecified atom stereocenters. The van der Waals surface area contributed by atoms with E-state index in [-0.39, 0.29) is 5.91 Å². The van der Waals surface area contributed by atoms with Crippen LogP contribution in [0.1, 0.15) is 12.8 Å². The van der Waals surface area contributed by atoms with E-state index in [1.807, 2.05) is 17.5 Å². The van der Waals surface area contributed by atoms with Gasteiger partial charge >= 0.3 is 0 Å². The van der Waals surface area contributed by atoms with Crippen LogP contribution in [0, 0.1) is 0 Å². The highest BCUT2D eigenvalue weighted by atomic mass is 32.1. The molecule has 0 aliphatic carbocycles. The van der Waals surface area contributed by atoms with Crippen molar-refractivity contribution < 1.29 is 4.79 Å². The maximum Gasteiger partial charge on any atom is 0.225 e. The van der Waals surface area contributed by atoms with E-state index in [1.54, 1.807) is 0 Å². The lowest BCUT2D eigenvalue weighted by atomic mass is 10.3. The minimum Gasteiger partial charge on any atom is -0.330 e. The Bertz CT molecular complexity index is 233. The number of nitrogens with one attached hydrogen (secondary N) is 1. The van der Waals surface area contributed by atoms with Crippen LogP contribution < -0.4 is 11.1 Å². The zero-order valence-corrected chi connectivity index (χ0v) is 7.56. The molecule has 3 nitrogen and oxygen atoms in total. The summed E-state index contributed by atoms with van der Waals surface area (Å²) in [7, 11) is 0. The number of carbonyl (C=O) groups excluding carboxylic acids is 1. The zero-order valence-electron chi connectivity index (χ0n) is 6.75. The van der Waals surface area contributed by atoms with Crippen LogP contribution in [-0.2, 0) is 4.79 Å². The molecule has 0 aliphatic rings. The van der Waals surface area contributed by atoms with Crippen LogP contribution in [0.15, 0.2) is 17.5 Å². The highest BCUT2D eigenvalue weighted by molar-refractivity contribution is 7.14. The molecule has 0 aromatic carbocycles. The van der Waals surface area contributed by atoms with Gasteiger partial charge in [0.2, 0.25) is 5.91 Å².